The van der Waals surface area contributed by atoms with Crippen molar-refractivity contribution in [1.82, 2.24) is 0 Å². The summed E-state index contributed by atoms with van der Waals surface area (Å²) in [6.07, 6.45) is 0. The fraction of sp³-hybridized carbons (Fsp3) is 0.111. The van der Waals surface area contributed by atoms with Gasteiger partial charge < -0.3 is 4.74 Å². The van der Waals surface area contributed by atoms with Gasteiger partial charge in [0.1, 0.15) is 12.4 Å². The van der Waals surface area contributed by atoms with Crippen molar-refractivity contribution in [1.29, 1.82) is 0 Å². The first-order chi connectivity index (χ1) is 6.09. The van der Waals surface area contributed by atoms with Crippen LogP contribution in [0.15, 0.2) is 34.3 Å². The number of halogens is 3. The predicted molar refractivity (Wildman–Crippen MR) is 59.6 cm³/mol. The molecule has 0 spiro atoms. The summed E-state index contributed by atoms with van der Waals surface area (Å²) in [7, 11) is 0. The Morgan fingerprint density at radius 2 is 2.23 bits per heavy atom. The molecule has 13 heavy (non-hydrogen) atoms. The van der Waals surface area contributed by atoms with E-state index < -0.39 is 0 Å². The minimum atomic E-state index is 0.267. The van der Waals surface area contributed by atoms with E-state index in [1.807, 2.05) is 6.07 Å². The summed E-state index contributed by atoms with van der Waals surface area (Å²) in [5.74, 6) is 0.603. The number of hydrogen-bond acceptors (Lipinski definition) is 1. The summed E-state index contributed by atoms with van der Waals surface area (Å²) in [5.41, 5.74) is 0. The second kappa shape index (κ2) is 4.89. The zero-order valence-electron chi connectivity index (χ0n) is 6.69. The molecule has 0 heterocycles. The van der Waals surface area contributed by atoms with Crippen LogP contribution in [0.1, 0.15) is 0 Å². The van der Waals surface area contributed by atoms with Crippen molar-refractivity contribution in [3.8, 4) is 5.75 Å². The molecule has 0 unspecified atom stereocenters. The molecule has 1 rings (SSSR count). The van der Waals surface area contributed by atoms with E-state index in [0.717, 1.165) is 4.47 Å². The molecule has 0 N–H and O–H groups in total. The Bertz CT molecular complexity index is 325. The topological polar surface area (TPSA) is 9.23 Å². The Hall–Kier alpha value is -0.180. The third kappa shape index (κ3) is 3.59. The third-order valence-corrected chi connectivity index (χ3v) is 2.18. The minimum Gasteiger partial charge on any atom is -0.486 e. The average Bonchev–Trinajstić information content (AvgIpc) is 2.02. The normalized spacial score (nSPS) is 9.77. The maximum absolute atomic E-state index is 5.89. The molecule has 4 heteroatoms. The lowest BCUT2D eigenvalue weighted by Gasteiger charge is -2.06. The van der Waals surface area contributed by atoms with Crippen molar-refractivity contribution < 1.29 is 4.74 Å². The van der Waals surface area contributed by atoms with E-state index in [-0.39, 0.29) is 6.61 Å². The fourth-order valence-corrected chi connectivity index (χ4v) is 1.53. The Labute approximate surface area is 95.4 Å². The van der Waals surface area contributed by atoms with Crippen LogP contribution in [0.5, 0.6) is 5.75 Å². The third-order valence-electron chi connectivity index (χ3n) is 1.28. The molecule has 0 aliphatic carbocycles. The first-order valence-electron chi connectivity index (χ1n) is 3.50. The van der Waals surface area contributed by atoms with E-state index >= 15 is 0 Å². The van der Waals surface area contributed by atoms with Crippen molar-refractivity contribution in [2.45, 2.75) is 0 Å². The number of benzene rings is 1. The van der Waals surface area contributed by atoms with Crippen LogP contribution in [0.2, 0.25) is 5.02 Å². The zero-order chi connectivity index (χ0) is 9.84. The van der Waals surface area contributed by atoms with Crippen molar-refractivity contribution in [3.05, 3.63) is 39.3 Å². The van der Waals surface area contributed by atoms with E-state index in [9.17, 15) is 0 Å². The van der Waals surface area contributed by atoms with E-state index in [4.69, 9.17) is 27.9 Å². The zero-order valence-corrected chi connectivity index (χ0v) is 9.79. The number of ether oxygens (including phenoxy) is 1. The molecular weight excluding hydrogens is 275 g/mol. The highest BCUT2D eigenvalue weighted by Crippen LogP contribution is 2.27. The molecule has 0 atom stereocenters. The maximum atomic E-state index is 5.89. The molecule has 0 aliphatic rings. The van der Waals surface area contributed by atoms with Gasteiger partial charge in [-0.05, 0) is 18.2 Å². The SMILES string of the molecule is C=C(Cl)COc1ccc(Br)cc1Cl. The van der Waals surface area contributed by atoms with Gasteiger partial charge in [-0.1, -0.05) is 45.7 Å². The fourth-order valence-electron chi connectivity index (χ4n) is 0.748. The first-order valence-corrected chi connectivity index (χ1v) is 5.05. The minimum absolute atomic E-state index is 0.267. The van der Waals surface area contributed by atoms with Gasteiger partial charge in [-0.2, -0.15) is 0 Å². The highest BCUT2D eigenvalue weighted by molar-refractivity contribution is 9.10. The Morgan fingerprint density at radius 3 is 2.77 bits per heavy atom. The van der Waals surface area contributed by atoms with E-state index in [0.29, 0.717) is 15.8 Å². The Kier molecular flexibility index (Phi) is 4.10. The molecule has 0 aliphatic heterocycles. The summed E-state index contributed by atoms with van der Waals surface area (Å²) in [4.78, 5) is 0. The lowest BCUT2D eigenvalue weighted by Crippen LogP contribution is -1.96. The van der Waals surface area contributed by atoms with Crippen molar-refractivity contribution >= 4 is 39.1 Å². The highest BCUT2D eigenvalue weighted by atomic mass is 79.9. The Morgan fingerprint density at radius 1 is 1.54 bits per heavy atom. The van der Waals surface area contributed by atoms with Crippen LogP contribution in [-0.4, -0.2) is 6.61 Å². The molecule has 0 bridgehead atoms. The van der Waals surface area contributed by atoms with Gasteiger partial charge in [-0.3, -0.25) is 0 Å². The quantitative estimate of drug-likeness (QED) is 0.805. The van der Waals surface area contributed by atoms with Gasteiger partial charge >= 0.3 is 0 Å². The van der Waals surface area contributed by atoms with Crippen molar-refractivity contribution in [2.24, 2.45) is 0 Å². The molecule has 70 valence electrons. The van der Waals surface area contributed by atoms with Gasteiger partial charge in [0, 0.05) is 9.51 Å². The first kappa shape index (κ1) is 10.9. The molecule has 1 aromatic carbocycles. The summed E-state index contributed by atoms with van der Waals surface area (Å²) in [5, 5.41) is 0.992. The monoisotopic (exact) mass is 280 g/mol. The molecule has 1 nitrogen and oxygen atoms in total. The largest absolute Gasteiger partial charge is 0.486 e. The van der Waals surface area contributed by atoms with Gasteiger partial charge in [0.05, 0.1) is 5.02 Å². The lowest BCUT2D eigenvalue weighted by molar-refractivity contribution is 0.359. The van der Waals surface area contributed by atoms with Crippen LogP contribution in [0.3, 0.4) is 0 Å². The smallest absolute Gasteiger partial charge is 0.138 e. The lowest BCUT2D eigenvalue weighted by atomic mass is 10.3. The van der Waals surface area contributed by atoms with Crippen LogP contribution in [0.4, 0.5) is 0 Å². The van der Waals surface area contributed by atoms with Gasteiger partial charge in [0.2, 0.25) is 0 Å². The van der Waals surface area contributed by atoms with Crippen LogP contribution >= 0.6 is 39.1 Å². The number of rotatable bonds is 3. The summed E-state index contributed by atoms with van der Waals surface area (Å²) in [6.45, 7) is 3.77. The highest BCUT2D eigenvalue weighted by Gasteiger charge is 2.01. The molecule has 0 radical (unpaired) electrons. The predicted octanol–water partition coefficient (Wildman–Crippen LogP) is 4.23. The van der Waals surface area contributed by atoms with Gasteiger partial charge in [0.25, 0.3) is 0 Å². The van der Waals surface area contributed by atoms with Crippen molar-refractivity contribution in [3.63, 3.8) is 0 Å². The maximum Gasteiger partial charge on any atom is 0.138 e. The van der Waals surface area contributed by atoms with Crippen LogP contribution in [0, 0.1) is 0 Å². The van der Waals surface area contributed by atoms with Gasteiger partial charge in [-0.15, -0.1) is 0 Å². The van der Waals surface area contributed by atoms with E-state index in [2.05, 4.69) is 22.5 Å². The average molecular weight is 282 g/mol. The number of hydrogen-bond donors (Lipinski definition) is 0. The second-order valence-corrected chi connectivity index (χ2v) is 4.24. The van der Waals surface area contributed by atoms with Crippen molar-refractivity contribution in [2.75, 3.05) is 6.61 Å². The standard InChI is InChI=1S/C9H7BrCl2O/c1-6(11)5-13-9-3-2-7(10)4-8(9)12/h2-4H,1,5H2. The molecule has 0 saturated heterocycles. The Balaban J connectivity index is 2.72. The van der Waals surface area contributed by atoms with Gasteiger partial charge in [-0.25, -0.2) is 0 Å². The molecule has 1 aromatic rings. The molecule has 0 aromatic heterocycles. The summed E-state index contributed by atoms with van der Waals surface area (Å²) >= 11 is 14.7. The van der Waals surface area contributed by atoms with Gasteiger partial charge in [0.15, 0.2) is 0 Å². The molecule has 0 saturated carbocycles. The van der Waals surface area contributed by atoms with E-state index in [1.165, 1.54) is 0 Å². The molecule has 0 fully saturated rings. The molecular formula is C9H7BrCl2O. The van der Waals surface area contributed by atoms with Crippen LogP contribution < -0.4 is 4.74 Å². The van der Waals surface area contributed by atoms with Crippen LogP contribution in [0.25, 0.3) is 0 Å². The molecule has 0 amide bonds. The summed E-state index contributed by atoms with van der Waals surface area (Å²) in [6, 6.07) is 5.37. The van der Waals surface area contributed by atoms with Crippen LogP contribution in [-0.2, 0) is 0 Å². The summed E-state index contributed by atoms with van der Waals surface area (Å²) < 4.78 is 6.18. The second-order valence-electron chi connectivity index (χ2n) is 2.38. The van der Waals surface area contributed by atoms with E-state index in [1.54, 1.807) is 12.1 Å².